The highest BCUT2D eigenvalue weighted by Gasteiger charge is 1.97. The van der Waals surface area contributed by atoms with Gasteiger partial charge in [0.15, 0.2) is 0 Å². The lowest BCUT2D eigenvalue weighted by Crippen LogP contribution is -2.01. The van der Waals surface area contributed by atoms with E-state index in [4.69, 9.17) is 4.74 Å². The fourth-order valence-corrected chi connectivity index (χ4v) is 2.09. The molecule has 1 aromatic rings. The van der Waals surface area contributed by atoms with Gasteiger partial charge >= 0.3 is 0 Å². The molecule has 1 heterocycles. The van der Waals surface area contributed by atoms with E-state index in [1.807, 2.05) is 18.0 Å². The first-order valence-corrected chi connectivity index (χ1v) is 6.67. The maximum atomic E-state index is 5.02. The molecule has 0 saturated carbocycles. The average Bonchev–Trinajstić information content (AvgIpc) is 2.33. The molecule has 1 rings (SSSR count). The predicted octanol–water partition coefficient (Wildman–Crippen LogP) is 3.03. The Bertz CT molecular complexity index is 294. The van der Waals surface area contributed by atoms with Gasteiger partial charge in [0, 0.05) is 37.1 Å². The molecule has 0 fully saturated rings. The molecule has 4 heteroatoms. The molecule has 0 unspecified atom stereocenters. The summed E-state index contributed by atoms with van der Waals surface area (Å²) in [5.41, 5.74) is 0. The van der Waals surface area contributed by atoms with Crippen molar-refractivity contribution >= 4 is 17.6 Å². The van der Waals surface area contributed by atoms with E-state index in [2.05, 4.69) is 29.4 Å². The maximum absolute atomic E-state index is 5.02. The van der Waals surface area contributed by atoms with E-state index >= 15 is 0 Å². The molecule has 0 saturated heterocycles. The van der Waals surface area contributed by atoms with Gasteiger partial charge in [0.05, 0.1) is 0 Å². The van der Waals surface area contributed by atoms with Crippen molar-refractivity contribution < 1.29 is 4.74 Å². The molecule has 0 atom stereocenters. The average molecular weight is 240 g/mol. The number of nitrogens with zero attached hydrogens (tertiary/aromatic N) is 1. The third-order valence-electron chi connectivity index (χ3n) is 2.05. The lowest BCUT2D eigenvalue weighted by Gasteiger charge is -2.06. The fourth-order valence-electron chi connectivity index (χ4n) is 1.24. The van der Waals surface area contributed by atoms with Crippen molar-refractivity contribution in [1.29, 1.82) is 0 Å². The number of aromatic nitrogens is 1. The molecule has 1 aromatic heterocycles. The number of nitrogens with one attached hydrogen (secondary N) is 1. The largest absolute Gasteiger partial charge is 0.385 e. The number of thioether (sulfide) groups is 1. The van der Waals surface area contributed by atoms with Gasteiger partial charge < -0.3 is 10.1 Å². The molecular formula is C12H20N2OS. The van der Waals surface area contributed by atoms with Crippen LogP contribution in [0.25, 0.3) is 0 Å². The monoisotopic (exact) mass is 240 g/mol. The van der Waals surface area contributed by atoms with E-state index in [0.717, 1.165) is 37.6 Å². The minimum Gasteiger partial charge on any atom is -0.385 e. The highest BCUT2D eigenvalue weighted by atomic mass is 32.2. The number of pyridine rings is 1. The summed E-state index contributed by atoms with van der Waals surface area (Å²) in [6, 6.07) is 4.15. The van der Waals surface area contributed by atoms with Crippen molar-refractivity contribution in [2.24, 2.45) is 0 Å². The summed E-state index contributed by atoms with van der Waals surface area (Å²) in [6.45, 7) is 3.96. The fraction of sp³-hybridized carbons (Fsp3) is 0.583. The number of ether oxygens (including phenoxy) is 1. The van der Waals surface area contributed by atoms with E-state index in [1.165, 1.54) is 4.90 Å². The molecule has 0 amide bonds. The van der Waals surface area contributed by atoms with Gasteiger partial charge in [0.1, 0.15) is 5.82 Å². The van der Waals surface area contributed by atoms with E-state index in [9.17, 15) is 0 Å². The highest BCUT2D eigenvalue weighted by Crippen LogP contribution is 2.20. The van der Waals surface area contributed by atoms with Gasteiger partial charge in [-0.3, -0.25) is 0 Å². The van der Waals surface area contributed by atoms with Crippen LogP contribution in [0.4, 0.5) is 5.82 Å². The third-order valence-corrected chi connectivity index (χ3v) is 3.13. The minimum absolute atomic E-state index is 0.832. The van der Waals surface area contributed by atoms with Crippen molar-refractivity contribution in [2.45, 2.75) is 24.7 Å². The van der Waals surface area contributed by atoms with Gasteiger partial charge in [-0.15, -0.1) is 11.8 Å². The van der Waals surface area contributed by atoms with Gasteiger partial charge in [-0.1, -0.05) is 6.92 Å². The Morgan fingerprint density at radius 3 is 3.12 bits per heavy atom. The molecule has 0 aliphatic heterocycles. The van der Waals surface area contributed by atoms with Gasteiger partial charge in [0.25, 0.3) is 0 Å². The normalized spacial score (nSPS) is 10.4. The summed E-state index contributed by atoms with van der Waals surface area (Å²) in [7, 11) is 1.74. The van der Waals surface area contributed by atoms with Crippen molar-refractivity contribution in [1.82, 2.24) is 4.98 Å². The second-order valence-corrected chi connectivity index (χ2v) is 4.67. The Labute approximate surface area is 102 Å². The zero-order valence-electron chi connectivity index (χ0n) is 10.0. The van der Waals surface area contributed by atoms with Crippen LogP contribution in [0.5, 0.6) is 0 Å². The Morgan fingerprint density at radius 1 is 1.50 bits per heavy atom. The lowest BCUT2D eigenvalue weighted by molar-refractivity contribution is 0.200. The Balaban J connectivity index is 2.35. The number of rotatable bonds is 8. The molecule has 0 bridgehead atoms. The van der Waals surface area contributed by atoms with Crippen LogP contribution in [0.1, 0.15) is 19.8 Å². The number of anilines is 1. The summed E-state index contributed by atoms with van der Waals surface area (Å²) >= 11 is 1.85. The summed E-state index contributed by atoms with van der Waals surface area (Å²) in [5, 5.41) is 3.29. The number of hydrogen-bond donors (Lipinski definition) is 1. The molecular weight excluding hydrogens is 220 g/mol. The zero-order valence-corrected chi connectivity index (χ0v) is 10.8. The first kappa shape index (κ1) is 13.3. The molecule has 3 nitrogen and oxygen atoms in total. The first-order chi connectivity index (χ1) is 7.86. The predicted molar refractivity (Wildman–Crippen MR) is 70.2 cm³/mol. The smallest absolute Gasteiger partial charge is 0.126 e. The molecule has 0 radical (unpaired) electrons. The van der Waals surface area contributed by atoms with E-state index < -0.39 is 0 Å². The van der Waals surface area contributed by atoms with Gasteiger partial charge in [-0.05, 0) is 25.0 Å². The molecule has 0 aromatic carbocycles. The Morgan fingerprint density at radius 2 is 2.38 bits per heavy atom. The van der Waals surface area contributed by atoms with E-state index in [1.54, 1.807) is 7.11 Å². The highest BCUT2D eigenvalue weighted by molar-refractivity contribution is 7.99. The zero-order chi connectivity index (χ0) is 11.6. The van der Waals surface area contributed by atoms with Crippen LogP contribution in [0, 0.1) is 0 Å². The van der Waals surface area contributed by atoms with Crippen molar-refractivity contribution in [3.63, 3.8) is 0 Å². The molecule has 0 spiro atoms. The maximum Gasteiger partial charge on any atom is 0.126 e. The third kappa shape index (κ3) is 5.37. The van der Waals surface area contributed by atoms with Gasteiger partial charge in [0.2, 0.25) is 0 Å². The molecule has 0 aliphatic carbocycles. The standard InChI is InChI=1S/C12H20N2OS/c1-3-6-13-12-10-11(5-7-14-12)16-9-4-8-15-2/h5,7,10H,3-4,6,8-9H2,1-2H3,(H,13,14). The SMILES string of the molecule is CCCNc1cc(SCCCOC)ccn1. The van der Waals surface area contributed by atoms with Crippen LogP contribution in [-0.4, -0.2) is 31.0 Å². The Kier molecular flexibility index (Phi) is 7.01. The number of methoxy groups -OCH3 is 1. The van der Waals surface area contributed by atoms with Crippen LogP contribution in [0.3, 0.4) is 0 Å². The minimum atomic E-state index is 0.832. The van der Waals surface area contributed by atoms with Gasteiger partial charge in [-0.25, -0.2) is 4.98 Å². The second kappa shape index (κ2) is 8.42. The van der Waals surface area contributed by atoms with Crippen LogP contribution in [0.2, 0.25) is 0 Å². The van der Waals surface area contributed by atoms with Crippen LogP contribution in [-0.2, 0) is 4.74 Å². The number of hydrogen-bond acceptors (Lipinski definition) is 4. The quantitative estimate of drug-likeness (QED) is 0.559. The van der Waals surface area contributed by atoms with E-state index in [0.29, 0.717) is 0 Å². The van der Waals surface area contributed by atoms with E-state index in [-0.39, 0.29) is 0 Å². The molecule has 90 valence electrons. The van der Waals surface area contributed by atoms with Crippen LogP contribution < -0.4 is 5.32 Å². The molecule has 16 heavy (non-hydrogen) atoms. The van der Waals surface area contributed by atoms with Crippen molar-refractivity contribution in [2.75, 3.05) is 31.3 Å². The summed E-state index contributed by atoms with van der Waals surface area (Å²) in [4.78, 5) is 5.54. The van der Waals surface area contributed by atoms with Crippen molar-refractivity contribution in [3.05, 3.63) is 18.3 Å². The second-order valence-electron chi connectivity index (χ2n) is 3.50. The summed E-state index contributed by atoms with van der Waals surface area (Å²) in [6.07, 6.45) is 4.06. The van der Waals surface area contributed by atoms with Crippen LogP contribution >= 0.6 is 11.8 Å². The summed E-state index contributed by atoms with van der Waals surface area (Å²) in [5.74, 6) is 2.06. The molecule has 0 aliphatic rings. The Hall–Kier alpha value is -0.740. The van der Waals surface area contributed by atoms with Gasteiger partial charge in [-0.2, -0.15) is 0 Å². The summed E-state index contributed by atoms with van der Waals surface area (Å²) < 4.78 is 5.02. The lowest BCUT2D eigenvalue weighted by atomic mass is 10.4. The first-order valence-electron chi connectivity index (χ1n) is 5.68. The van der Waals surface area contributed by atoms with Crippen LogP contribution in [0.15, 0.2) is 23.2 Å². The topological polar surface area (TPSA) is 34.1 Å². The molecule has 1 N–H and O–H groups in total. The van der Waals surface area contributed by atoms with Crippen molar-refractivity contribution in [3.8, 4) is 0 Å².